The average Bonchev–Trinajstić information content (AvgIpc) is 2.63. The highest BCUT2D eigenvalue weighted by Crippen LogP contribution is 2.25. The van der Waals surface area contributed by atoms with Crippen molar-refractivity contribution in [1.29, 1.82) is 0 Å². The van der Waals surface area contributed by atoms with Crippen LogP contribution in [0.5, 0.6) is 5.75 Å². The highest BCUT2D eigenvalue weighted by molar-refractivity contribution is 6.04. The van der Waals surface area contributed by atoms with E-state index in [2.05, 4.69) is 25.0 Å². The van der Waals surface area contributed by atoms with Gasteiger partial charge in [0.1, 0.15) is 12.1 Å². The predicted octanol–water partition coefficient (Wildman–Crippen LogP) is 4.00. The van der Waals surface area contributed by atoms with E-state index in [9.17, 15) is 18.0 Å². The topological polar surface area (TPSA) is 77.0 Å². The van der Waals surface area contributed by atoms with Gasteiger partial charge < -0.3 is 10.1 Å². The minimum absolute atomic E-state index is 0.287. The van der Waals surface area contributed by atoms with Crippen LogP contribution < -0.4 is 10.1 Å². The van der Waals surface area contributed by atoms with Crippen LogP contribution in [-0.2, 0) is 0 Å². The van der Waals surface area contributed by atoms with Crippen molar-refractivity contribution in [3.05, 3.63) is 66.5 Å². The Morgan fingerprint density at radius 1 is 1.07 bits per heavy atom. The number of nitrogens with one attached hydrogen (secondary N) is 1. The summed E-state index contributed by atoms with van der Waals surface area (Å²) >= 11 is 0. The van der Waals surface area contributed by atoms with Crippen molar-refractivity contribution in [2.45, 2.75) is 13.3 Å². The first kappa shape index (κ1) is 18.3. The van der Waals surface area contributed by atoms with Gasteiger partial charge in [-0.15, -0.1) is 13.2 Å². The fourth-order valence-electron chi connectivity index (χ4n) is 2.33. The van der Waals surface area contributed by atoms with E-state index in [-0.39, 0.29) is 11.3 Å². The van der Waals surface area contributed by atoms with Crippen molar-refractivity contribution < 1.29 is 22.7 Å². The number of halogens is 3. The Bertz CT molecular complexity index is 945. The molecule has 0 radical (unpaired) electrons. The number of aromatic nitrogens is 3. The second-order valence-corrected chi connectivity index (χ2v) is 5.51. The SMILES string of the molecule is Cc1ncc(C(=O)Nc2ccc(OC(F)(F)F)cc2)cc1-c1cncnc1. The molecular weight excluding hydrogens is 361 g/mol. The Balaban J connectivity index is 1.77. The second-order valence-electron chi connectivity index (χ2n) is 5.51. The number of aryl methyl sites for hydroxylation is 1. The molecule has 1 N–H and O–H groups in total. The molecule has 1 amide bonds. The predicted molar refractivity (Wildman–Crippen MR) is 91.1 cm³/mol. The monoisotopic (exact) mass is 374 g/mol. The zero-order chi connectivity index (χ0) is 19.4. The van der Waals surface area contributed by atoms with Crippen LogP contribution in [0.2, 0.25) is 0 Å². The Labute approximate surface area is 152 Å². The van der Waals surface area contributed by atoms with E-state index in [0.717, 1.165) is 12.1 Å². The van der Waals surface area contributed by atoms with Crippen LogP contribution in [-0.4, -0.2) is 27.2 Å². The maximum atomic E-state index is 12.4. The van der Waals surface area contributed by atoms with Crippen LogP contribution in [0.25, 0.3) is 11.1 Å². The molecule has 0 aliphatic heterocycles. The first-order chi connectivity index (χ1) is 12.8. The number of rotatable bonds is 4. The zero-order valence-corrected chi connectivity index (χ0v) is 14.0. The molecule has 2 heterocycles. The van der Waals surface area contributed by atoms with Gasteiger partial charge in [-0.05, 0) is 37.3 Å². The third kappa shape index (κ3) is 4.78. The first-order valence-electron chi connectivity index (χ1n) is 7.71. The van der Waals surface area contributed by atoms with Gasteiger partial charge in [-0.3, -0.25) is 9.78 Å². The average molecular weight is 374 g/mol. The number of amides is 1. The highest BCUT2D eigenvalue weighted by Gasteiger charge is 2.30. The largest absolute Gasteiger partial charge is 0.573 e. The molecule has 0 fully saturated rings. The van der Waals surface area contributed by atoms with Crippen molar-refractivity contribution in [3.8, 4) is 16.9 Å². The molecule has 0 aliphatic rings. The molecular formula is C18H13F3N4O2. The summed E-state index contributed by atoms with van der Waals surface area (Å²) < 4.78 is 40.3. The number of hydrogen-bond donors (Lipinski definition) is 1. The lowest BCUT2D eigenvalue weighted by Crippen LogP contribution is -2.17. The van der Waals surface area contributed by atoms with Crippen LogP contribution in [0, 0.1) is 6.92 Å². The first-order valence-corrected chi connectivity index (χ1v) is 7.71. The minimum atomic E-state index is -4.77. The molecule has 9 heteroatoms. The number of carbonyl (C=O) groups excluding carboxylic acids is 1. The van der Waals surface area contributed by atoms with Crippen molar-refractivity contribution in [3.63, 3.8) is 0 Å². The van der Waals surface area contributed by atoms with Gasteiger partial charge in [0.15, 0.2) is 0 Å². The van der Waals surface area contributed by atoms with E-state index in [4.69, 9.17) is 0 Å². The summed E-state index contributed by atoms with van der Waals surface area (Å²) in [6, 6.07) is 6.50. The molecule has 1 aromatic carbocycles. The second kappa shape index (κ2) is 7.40. The molecule has 27 heavy (non-hydrogen) atoms. The number of anilines is 1. The lowest BCUT2D eigenvalue weighted by molar-refractivity contribution is -0.274. The molecule has 3 aromatic rings. The summed E-state index contributed by atoms with van der Waals surface area (Å²) in [7, 11) is 0. The summed E-state index contributed by atoms with van der Waals surface area (Å²) in [5.74, 6) is -0.825. The summed E-state index contributed by atoms with van der Waals surface area (Å²) in [5, 5.41) is 2.60. The summed E-state index contributed by atoms with van der Waals surface area (Å²) in [6.45, 7) is 1.80. The van der Waals surface area contributed by atoms with E-state index in [1.54, 1.807) is 25.4 Å². The van der Waals surface area contributed by atoms with Gasteiger partial charge >= 0.3 is 6.36 Å². The molecule has 0 saturated carbocycles. The Hall–Kier alpha value is -3.49. The van der Waals surface area contributed by atoms with Gasteiger partial charge in [0.25, 0.3) is 5.91 Å². The van der Waals surface area contributed by atoms with Crippen molar-refractivity contribution >= 4 is 11.6 Å². The minimum Gasteiger partial charge on any atom is -0.406 e. The fourth-order valence-corrected chi connectivity index (χ4v) is 2.33. The maximum Gasteiger partial charge on any atom is 0.573 e. The number of nitrogens with zero attached hydrogens (tertiary/aromatic N) is 3. The van der Waals surface area contributed by atoms with Gasteiger partial charge in [0.2, 0.25) is 0 Å². The molecule has 2 aromatic heterocycles. The number of carbonyl (C=O) groups is 1. The third-order valence-electron chi connectivity index (χ3n) is 3.57. The van der Waals surface area contributed by atoms with Crippen LogP contribution in [0.4, 0.5) is 18.9 Å². The number of pyridine rings is 1. The summed E-state index contributed by atoms with van der Waals surface area (Å²) in [5.41, 5.74) is 2.73. The van der Waals surface area contributed by atoms with Crippen LogP contribution in [0.3, 0.4) is 0 Å². The zero-order valence-electron chi connectivity index (χ0n) is 14.0. The number of hydrogen-bond acceptors (Lipinski definition) is 5. The molecule has 0 atom stereocenters. The Morgan fingerprint density at radius 2 is 1.74 bits per heavy atom. The Kier molecular flexibility index (Phi) is 5.02. The summed E-state index contributed by atoms with van der Waals surface area (Å²) in [6.07, 6.45) is 1.26. The molecule has 0 bridgehead atoms. The molecule has 0 spiro atoms. The van der Waals surface area contributed by atoms with E-state index >= 15 is 0 Å². The van der Waals surface area contributed by atoms with Crippen LogP contribution in [0.15, 0.2) is 55.2 Å². The van der Waals surface area contributed by atoms with Crippen molar-refractivity contribution in [2.75, 3.05) is 5.32 Å². The van der Waals surface area contributed by atoms with Gasteiger partial charge in [-0.1, -0.05) is 0 Å². The quantitative estimate of drug-likeness (QED) is 0.747. The molecule has 0 aliphatic carbocycles. The number of alkyl halides is 3. The lowest BCUT2D eigenvalue weighted by atomic mass is 10.1. The van der Waals surface area contributed by atoms with E-state index < -0.39 is 12.3 Å². The van der Waals surface area contributed by atoms with Crippen LogP contribution in [0.1, 0.15) is 16.1 Å². The highest BCUT2D eigenvalue weighted by atomic mass is 19.4. The molecule has 3 rings (SSSR count). The molecule has 138 valence electrons. The van der Waals surface area contributed by atoms with Crippen molar-refractivity contribution in [1.82, 2.24) is 15.0 Å². The standard InChI is InChI=1S/C18H13F3N4O2/c1-11-16(13-7-22-10-23-8-13)6-12(9-24-11)17(26)25-14-2-4-15(5-3-14)27-18(19,20)21/h2-10H,1H3,(H,25,26). The fraction of sp³-hybridized carbons (Fsp3) is 0.111. The molecule has 0 unspecified atom stereocenters. The van der Waals surface area contributed by atoms with Gasteiger partial charge in [0, 0.05) is 41.1 Å². The van der Waals surface area contributed by atoms with Crippen LogP contribution >= 0.6 is 0 Å². The lowest BCUT2D eigenvalue weighted by Gasteiger charge is -2.11. The number of benzene rings is 1. The molecule has 0 saturated heterocycles. The van der Waals surface area contributed by atoms with E-state index in [1.807, 2.05) is 0 Å². The molecule has 6 nitrogen and oxygen atoms in total. The normalized spacial score (nSPS) is 11.1. The van der Waals surface area contributed by atoms with Gasteiger partial charge in [-0.2, -0.15) is 0 Å². The van der Waals surface area contributed by atoms with E-state index in [0.29, 0.717) is 22.5 Å². The van der Waals surface area contributed by atoms with Gasteiger partial charge in [0.05, 0.1) is 5.56 Å². The summed E-state index contributed by atoms with van der Waals surface area (Å²) in [4.78, 5) is 24.5. The Morgan fingerprint density at radius 3 is 2.37 bits per heavy atom. The number of ether oxygens (including phenoxy) is 1. The smallest absolute Gasteiger partial charge is 0.406 e. The van der Waals surface area contributed by atoms with E-state index in [1.165, 1.54) is 24.7 Å². The maximum absolute atomic E-state index is 12.4. The van der Waals surface area contributed by atoms with Crippen molar-refractivity contribution in [2.24, 2.45) is 0 Å². The third-order valence-corrected chi connectivity index (χ3v) is 3.57. The van der Waals surface area contributed by atoms with Gasteiger partial charge in [-0.25, -0.2) is 9.97 Å².